The summed E-state index contributed by atoms with van der Waals surface area (Å²) in [6.45, 7) is 2.57. The second-order valence-electron chi connectivity index (χ2n) is 8.72. The van der Waals surface area contributed by atoms with Crippen LogP contribution in [0.2, 0.25) is 5.02 Å². The van der Waals surface area contributed by atoms with Gasteiger partial charge < -0.3 is 14.8 Å². The van der Waals surface area contributed by atoms with Crippen LogP contribution in [0.1, 0.15) is 38.8 Å². The maximum absolute atomic E-state index is 13.4. The highest BCUT2D eigenvalue weighted by atomic mass is 35.5. The molecule has 4 aromatic rings. The van der Waals surface area contributed by atoms with Crippen LogP contribution in [0.25, 0.3) is 10.9 Å². The highest BCUT2D eigenvalue weighted by molar-refractivity contribution is 6.30. The van der Waals surface area contributed by atoms with Gasteiger partial charge in [-0.3, -0.25) is 9.59 Å². The number of halogens is 1. The van der Waals surface area contributed by atoms with Crippen molar-refractivity contribution < 1.29 is 9.59 Å². The van der Waals surface area contributed by atoms with E-state index < -0.39 is 0 Å². The van der Waals surface area contributed by atoms with Crippen molar-refractivity contribution in [1.29, 1.82) is 0 Å². The number of hydrogen-bond donors (Lipinski definition) is 1. The molecule has 5 rings (SSSR count). The summed E-state index contributed by atoms with van der Waals surface area (Å²) in [5, 5.41) is 4.77. The fourth-order valence-corrected chi connectivity index (χ4v) is 5.07. The van der Waals surface area contributed by atoms with Gasteiger partial charge >= 0.3 is 0 Å². The van der Waals surface area contributed by atoms with Crippen molar-refractivity contribution >= 4 is 34.3 Å². The minimum atomic E-state index is -0.309. The second-order valence-corrected chi connectivity index (χ2v) is 9.16. The van der Waals surface area contributed by atoms with Crippen molar-refractivity contribution in [2.75, 3.05) is 13.1 Å². The van der Waals surface area contributed by atoms with Crippen molar-refractivity contribution in [3.8, 4) is 0 Å². The van der Waals surface area contributed by atoms with E-state index in [4.69, 9.17) is 11.6 Å². The summed E-state index contributed by atoms with van der Waals surface area (Å²) in [4.78, 5) is 28.1. The predicted molar refractivity (Wildman–Crippen MR) is 135 cm³/mol. The number of aryl methyl sites for hydroxylation is 1. The summed E-state index contributed by atoms with van der Waals surface area (Å²) >= 11 is 5.95. The second kappa shape index (κ2) is 8.99. The Kier molecular flexibility index (Phi) is 5.88. The Hall–Kier alpha value is -3.57. The first-order valence-corrected chi connectivity index (χ1v) is 11.8. The molecule has 0 spiro atoms. The number of aromatic nitrogens is 1. The molecule has 1 aromatic heterocycles. The molecule has 3 aromatic carbocycles. The summed E-state index contributed by atoms with van der Waals surface area (Å²) < 4.78 is 2.15. The summed E-state index contributed by atoms with van der Waals surface area (Å²) in [5.74, 6) is -0.279. The van der Waals surface area contributed by atoms with E-state index in [1.165, 1.54) is 0 Å². The molecule has 1 atom stereocenters. The average Bonchev–Trinajstić information content (AvgIpc) is 3.25. The number of nitrogens with zero attached hydrogens (tertiary/aromatic N) is 2. The van der Waals surface area contributed by atoms with Crippen LogP contribution in [0.15, 0.2) is 72.8 Å². The third-order valence-corrected chi connectivity index (χ3v) is 7.00. The Morgan fingerprint density at radius 2 is 1.71 bits per heavy atom. The molecule has 1 aliphatic rings. The fraction of sp³-hybridized carbons (Fsp3) is 0.214. The molecule has 0 radical (unpaired) electrons. The lowest BCUT2D eigenvalue weighted by Crippen LogP contribution is -2.40. The molecule has 1 aliphatic heterocycles. The topological polar surface area (TPSA) is 54.3 Å². The molecule has 5 nitrogen and oxygen atoms in total. The summed E-state index contributed by atoms with van der Waals surface area (Å²) in [6, 6.07) is 23.2. The number of carbonyl (C=O) groups excluding carboxylic acids is 2. The van der Waals surface area contributed by atoms with Crippen LogP contribution in [0.4, 0.5) is 0 Å². The first-order valence-electron chi connectivity index (χ1n) is 11.4. The Labute approximate surface area is 203 Å². The van der Waals surface area contributed by atoms with Crippen molar-refractivity contribution in [2.24, 2.45) is 7.05 Å². The molecule has 0 fully saturated rings. The largest absolute Gasteiger partial charge is 0.354 e. The average molecular weight is 472 g/mol. The van der Waals surface area contributed by atoms with Gasteiger partial charge in [-0.15, -0.1) is 0 Å². The molecule has 2 heterocycles. The first kappa shape index (κ1) is 22.2. The minimum absolute atomic E-state index is 0.00145. The van der Waals surface area contributed by atoms with E-state index in [0.29, 0.717) is 23.6 Å². The predicted octanol–water partition coefficient (Wildman–Crippen LogP) is 5.04. The van der Waals surface area contributed by atoms with Gasteiger partial charge in [0, 0.05) is 46.3 Å². The smallest absolute Gasteiger partial charge is 0.255 e. The molecule has 1 unspecified atom stereocenters. The van der Waals surface area contributed by atoms with E-state index in [1.807, 2.05) is 67.7 Å². The number of fused-ring (bicyclic) bond motifs is 2. The quantitative estimate of drug-likeness (QED) is 0.428. The number of rotatable bonds is 6. The third-order valence-electron chi connectivity index (χ3n) is 6.74. The zero-order valence-electron chi connectivity index (χ0n) is 19.2. The Bertz CT molecular complexity index is 1390. The number of hydrogen-bond acceptors (Lipinski definition) is 2. The zero-order chi connectivity index (χ0) is 23.8. The van der Waals surface area contributed by atoms with Gasteiger partial charge in [0.25, 0.3) is 5.91 Å². The molecule has 0 saturated heterocycles. The highest BCUT2D eigenvalue weighted by Crippen LogP contribution is 2.43. The normalized spacial score (nSPS) is 15.1. The van der Waals surface area contributed by atoms with E-state index in [-0.39, 0.29) is 24.4 Å². The van der Waals surface area contributed by atoms with Crippen LogP contribution in [0.5, 0.6) is 0 Å². The van der Waals surface area contributed by atoms with Gasteiger partial charge in [-0.2, -0.15) is 0 Å². The van der Waals surface area contributed by atoms with E-state index >= 15 is 0 Å². The summed E-state index contributed by atoms with van der Waals surface area (Å²) in [5.41, 5.74) is 5.97. The van der Waals surface area contributed by atoms with Crippen LogP contribution < -0.4 is 5.32 Å². The molecular formula is C28H26ClN3O2. The van der Waals surface area contributed by atoms with Crippen molar-refractivity contribution in [1.82, 2.24) is 14.8 Å². The van der Waals surface area contributed by atoms with Gasteiger partial charge in [0.05, 0.1) is 6.04 Å². The Morgan fingerprint density at radius 3 is 2.50 bits per heavy atom. The van der Waals surface area contributed by atoms with Crippen LogP contribution >= 0.6 is 11.6 Å². The molecular weight excluding hydrogens is 446 g/mol. The molecule has 0 bridgehead atoms. The Balaban J connectivity index is 1.42. The van der Waals surface area contributed by atoms with E-state index in [2.05, 4.69) is 28.9 Å². The summed E-state index contributed by atoms with van der Waals surface area (Å²) in [7, 11) is 2.04. The zero-order valence-corrected chi connectivity index (χ0v) is 20.0. The van der Waals surface area contributed by atoms with Crippen LogP contribution in [-0.2, 0) is 18.3 Å². The van der Waals surface area contributed by atoms with Crippen LogP contribution in [0, 0.1) is 6.92 Å². The van der Waals surface area contributed by atoms with Crippen LogP contribution in [0.3, 0.4) is 0 Å². The van der Waals surface area contributed by atoms with Gasteiger partial charge in [0.15, 0.2) is 0 Å². The van der Waals surface area contributed by atoms with E-state index in [9.17, 15) is 9.59 Å². The first-order chi connectivity index (χ1) is 16.5. The number of nitrogens with one attached hydrogen (secondary N) is 1. The number of para-hydroxylation sites is 1. The standard InChI is InChI=1S/C28H26ClN3O2/c1-18-26(23-9-5-6-10-24(23)31(18)2)27-21-7-3-4-8-22(21)28(34)32(27)17-25(33)30-16-15-19-11-13-20(29)14-12-19/h3-14,27H,15-17H2,1-2H3,(H,30,33). The number of benzene rings is 3. The van der Waals surface area contributed by atoms with Gasteiger partial charge in [-0.1, -0.05) is 60.1 Å². The molecule has 0 saturated carbocycles. The van der Waals surface area contributed by atoms with Crippen LogP contribution in [-0.4, -0.2) is 34.4 Å². The fourth-order valence-electron chi connectivity index (χ4n) is 4.95. The Morgan fingerprint density at radius 1 is 1.00 bits per heavy atom. The van der Waals surface area contributed by atoms with E-state index in [1.54, 1.807) is 4.90 Å². The maximum atomic E-state index is 13.4. The molecule has 6 heteroatoms. The molecule has 0 aliphatic carbocycles. The SMILES string of the molecule is Cc1c(C2c3ccccc3C(=O)N2CC(=O)NCCc2ccc(Cl)cc2)c2ccccc2n1C. The van der Waals surface area contributed by atoms with Gasteiger partial charge in [-0.05, 0) is 48.7 Å². The lowest BCUT2D eigenvalue weighted by molar-refractivity contribution is -0.122. The summed E-state index contributed by atoms with van der Waals surface area (Å²) in [6.07, 6.45) is 0.697. The third kappa shape index (κ3) is 3.86. The maximum Gasteiger partial charge on any atom is 0.255 e. The molecule has 172 valence electrons. The van der Waals surface area contributed by atoms with Gasteiger partial charge in [0.2, 0.25) is 5.91 Å². The number of amides is 2. The lowest BCUT2D eigenvalue weighted by atomic mass is 9.95. The molecule has 34 heavy (non-hydrogen) atoms. The van der Waals surface area contributed by atoms with E-state index in [0.717, 1.165) is 33.3 Å². The van der Waals surface area contributed by atoms with Gasteiger partial charge in [0.1, 0.15) is 6.54 Å². The van der Waals surface area contributed by atoms with Crippen molar-refractivity contribution in [3.63, 3.8) is 0 Å². The highest BCUT2D eigenvalue weighted by Gasteiger charge is 2.40. The number of carbonyl (C=O) groups is 2. The lowest BCUT2D eigenvalue weighted by Gasteiger charge is -2.26. The van der Waals surface area contributed by atoms with Gasteiger partial charge in [-0.25, -0.2) is 0 Å². The minimum Gasteiger partial charge on any atom is -0.354 e. The van der Waals surface area contributed by atoms with Crippen molar-refractivity contribution in [3.05, 3.63) is 106 Å². The molecule has 2 amide bonds. The monoisotopic (exact) mass is 471 g/mol. The van der Waals surface area contributed by atoms with Crippen molar-refractivity contribution in [2.45, 2.75) is 19.4 Å². The molecule has 1 N–H and O–H groups in total.